The SMILES string of the molecule is O=C(Nc1cccc(Cl)c1)[C@H]1CC(=O)N(c2ccc(F)cc2)C1. The van der Waals surface area contributed by atoms with Crippen molar-refractivity contribution in [2.45, 2.75) is 6.42 Å². The van der Waals surface area contributed by atoms with Gasteiger partial charge in [0.05, 0.1) is 5.92 Å². The molecule has 1 saturated heterocycles. The summed E-state index contributed by atoms with van der Waals surface area (Å²) in [4.78, 5) is 25.9. The molecule has 118 valence electrons. The zero-order valence-corrected chi connectivity index (χ0v) is 12.9. The number of anilines is 2. The van der Waals surface area contributed by atoms with Crippen molar-refractivity contribution in [3.63, 3.8) is 0 Å². The third-order valence-corrected chi connectivity index (χ3v) is 3.96. The molecule has 4 nitrogen and oxygen atoms in total. The van der Waals surface area contributed by atoms with Gasteiger partial charge >= 0.3 is 0 Å². The van der Waals surface area contributed by atoms with E-state index in [9.17, 15) is 14.0 Å². The van der Waals surface area contributed by atoms with E-state index < -0.39 is 5.92 Å². The molecule has 2 aromatic carbocycles. The summed E-state index contributed by atoms with van der Waals surface area (Å²) in [6.45, 7) is 0.275. The third kappa shape index (κ3) is 3.51. The highest BCUT2D eigenvalue weighted by Gasteiger charge is 2.35. The van der Waals surface area contributed by atoms with Crippen molar-refractivity contribution in [2.24, 2.45) is 5.92 Å². The molecule has 0 spiro atoms. The lowest BCUT2D eigenvalue weighted by Gasteiger charge is -2.16. The van der Waals surface area contributed by atoms with Gasteiger partial charge in [-0.25, -0.2) is 4.39 Å². The highest BCUT2D eigenvalue weighted by Crippen LogP contribution is 2.26. The van der Waals surface area contributed by atoms with Crippen LogP contribution in [0.25, 0.3) is 0 Å². The van der Waals surface area contributed by atoms with Crippen LogP contribution in [0.5, 0.6) is 0 Å². The summed E-state index contributed by atoms with van der Waals surface area (Å²) >= 11 is 5.88. The van der Waals surface area contributed by atoms with E-state index in [1.54, 1.807) is 24.3 Å². The molecular weight excluding hydrogens is 319 g/mol. The molecule has 0 radical (unpaired) electrons. The average molecular weight is 333 g/mol. The normalized spacial score (nSPS) is 17.4. The molecule has 23 heavy (non-hydrogen) atoms. The molecule has 6 heteroatoms. The molecule has 2 aromatic rings. The monoisotopic (exact) mass is 332 g/mol. The maximum absolute atomic E-state index is 13.0. The zero-order valence-electron chi connectivity index (χ0n) is 12.1. The smallest absolute Gasteiger partial charge is 0.229 e. The Morgan fingerprint density at radius 1 is 1.22 bits per heavy atom. The first-order valence-electron chi connectivity index (χ1n) is 7.15. The lowest BCUT2D eigenvalue weighted by atomic mass is 10.1. The van der Waals surface area contributed by atoms with Gasteiger partial charge in [-0.1, -0.05) is 17.7 Å². The molecule has 3 rings (SSSR count). The van der Waals surface area contributed by atoms with Crippen LogP contribution in [0.1, 0.15) is 6.42 Å². The fourth-order valence-electron chi connectivity index (χ4n) is 2.56. The molecular formula is C17H14ClFN2O2. The van der Waals surface area contributed by atoms with Gasteiger partial charge < -0.3 is 10.2 Å². The molecule has 1 atom stereocenters. The van der Waals surface area contributed by atoms with Crippen LogP contribution in [0, 0.1) is 11.7 Å². The Kier molecular flexibility index (Phi) is 4.30. The van der Waals surface area contributed by atoms with Crippen molar-refractivity contribution in [3.05, 3.63) is 59.4 Å². The molecule has 1 heterocycles. The van der Waals surface area contributed by atoms with Gasteiger partial charge in [-0.15, -0.1) is 0 Å². The molecule has 1 aliphatic heterocycles. The van der Waals surface area contributed by atoms with E-state index in [-0.39, 0.29) is 30.6 Å². The highest BCUT2D eigenvalue weighted by molar-refractivity contribution is 6.30. The summed E-state index contributed by atoms with van der Waals surface area (Å²) in [6.07, 6.45) is 0.129. The van der Waals surface area contributed by atoms with Crippen molar-refractivity contribution in [1.82, 2.24) is 0 Å². The van der Waals surface area contributed by atoms with Gasteiger partial charge in [0.15, 0.2) is 0 Å². The Morgan fingerprint density at radius 3 is 2.65 bits per heavy atom. The van der Waals surface area contributed by atoms with Crippen molar-refractivity contribution in [1.29, 1.82) is 0 Å². The fraction of sp³-hybridized carbons (Fsp3) is 0.176. The predicted molar refractivity (Wildman–Crippen MR) is 86.9 cm³/mol. The van der Waals surface area contributed by atoms with E-state index in [0.29, 0.717) is 16.4 Å². The van der Waals surface area contributed by atoms with Gasteiger partial charge in [-0.05, 0) is 42.5 Å². The lowest BCUT2D eigenvalue weighted by molar-refractivity contribution is -0.122. The Morgan fingerprint density at radius 2 is 1.96 bits per heavy atom. The second kappa shape index (κ2) is 6.38. The van der Waals surface area contributed by atoms with Gasteiger partial charge in [0, 0.05) is 29.4 Å². The molecule has 0 aliphatic carbocycles. The number of carbonyl (C=O) groups is 2. The number of nitrogens with zero attached hydrogens (tertiary/aromatic N) is 1. The number of hydrogen-bond acceptors (Lipinski definition) is 2. The molecule has 0 unspecified atom stereocenters. The molecule has 0 saturated carbocycles. The Bertz CT molecular complexity index is 749. The standard InChI is InChI=1S/C17H14ClFN2O2/c18-12-2-1-3-14(9-12)20-17(23)11-8-16(22)21(10-11)15-6-4-13(19)5-7-15/h1-7,9,11H,8,10H2,(H,20,23)/t11-/m0/s1. The van der Waals surface area contributed by atoms with Gasteiger partial charge in [0.1, 0.15) is 5.82 Å². The van der Waals surface area contributed by atoms with Crippen LogP contribution in [-0.2, 0) is 9.59 Å². The summed E-state index contributed by atoms with van der Waals surface area (Å²) < 4.78 is 13.0. The van der Waals surface area contributed by atoms with Gasteiger partial charge in [0.2, 0.25) is 11.8 Å². The van der Waals surface area contributed by atoms with Gasteiger partial charge in [0.25, 0.3) is 0 Å². The van der Waals surface area contributed by atoms with Crippen LogP contribution in [0.4, 0.5) is 15.8 Å². The van der Waals surface area contributed by atoms with Gasteiger partial charge in [-0.2, -0.15) is 0 Å². The van der Waals surface area contributed by atoms with Crippen LogP contribution < -0.4 is 10.2 Å². The zero-order chi connectivity index (χ0) is 16.4. The van der Waals surface area contributed by atoms with E-state index in [0.717, 1.165) is 0 Å². The Labute approximate surface area is 137 Å². The van der Waals surface area contributed by atoms with Crippen molar-refractivity contribution >= 4 is 34.8 Å². The van der Waals surface area contributed by atoms with Crippen molar-refractivity contribution in [2.75, 3.05) is 16.8 Å². The highest BCUT2D eigenvalue weighted by atomic mass is 35.5. The molecule has 0 aromatic heterocycles. The van der Waals surface area contributed by atoms with Crippen LogP contribution in [0.15, 0.2) is 48.5 Å². The minimum absolute atomic E-state index is 0.129. The number of halogens is 2. The average Bonchev–Trinajstić information content (AvgIpc) is 2.90. The maximum atomic E-state index is 13.0. The number of hydrogen-bond donors (Lipinski definition) is 1. The number of benzene rings is 2. The summed E-state index contributed by atoms with van der Waals surface area (Å²) in [6, 6.07) is 12.5. The number of carbonyl (C=O) groups excluding carboxylic acids is 2. The van der Waals surface area contributed by atoms with E-state index >= 15 is 0 Å². The summed E-state index contributed by atoms with van der Waals surface area (Å²) in [5, 5.41) is 3.29. The summed E-state index contributed by atoms with van der Waals surface area (Å²) in [5.74, 6) is -1.20. The maximum Gasteiger partial charge on any atom is 0.229 e. The van der Waals surface area contributed by atoms with E-state index in [4.69, 9.17) is 11.6 Å². The number of rotatable bonds is 3. The quantitative estimate of drug-likeness (QED) is 0.935. The van der Waals surface area contributed by atoms with Crippen LogP contribution in [-0.4, -0.2) is 18.4 Å². The number of amides is 2. The number of nitrogens with one attached hydrogen (secondary N) is 1. The second-order valence-electron chi connectivity index (χ2n) is 5.38. The van der Waals surface area contributed by atoms with Crippen LogP contribution in [0.3, 0.4) is 0 Å². The predicted octanol–water partition coefficient (Wildman–Crippen LogP) is 3.47. The third-order valence-electron chi connectivity index (χ3n) is 3.73. The Balaban J connectivity index is 1.69. The first-order valence-corrected chi connectivity index (χ1v) is 7.53. The lowest BCUT2D eigenvalue weighted by Crippen LogP contribution is -2.28. The summed E-state index contributed by atoms with van der Waals surface area (Å²) in [7, 11) is 0. The minimum atomic E-state index is -0.452. The Hall–Kier alpha value is -2.40. The van der Waals surface area contributed by atoms with Crippen LogP contribution in [0.2, 0.25) is 5.02 Å². The molecule has 1 N–H and O–H groups in total. The molecule has 1 aliphatic rings. The molecule has 2 amide bonds. The molecule has 0 bridgehead atoms. The van der Waals surface area contributed by atoms with Crippen LogP contribution >= 0.6 is 11.6 Å². The van der Waals surface area contributed by atoms with Crippen molar-refractivity contribution < 1.29 is 14.0 Å². The largest absolute Gasteiger partial charge is 0.326 e. The minimum Gasteiger partial charge on any atom is -0.326 e. The van der Waals surface area contributed by atoms with Crippen molar-refractivity contribution in [3.8, 4) is 0 Å². The van der Waals surface area contributed by atoms with E-state index in [1.165, 1.54) is 29.2 Å². The fourth-order valence-corrected chi connectivity index (χ4v) is 2.75. The second-order valence-corrected chi connectivity index (χ2v) is 5.82. The summed E-state index contributed by atoms with van der Waals surface area (Å²) in [5.41, 5.74) is 1.18. The van der Waals surface area contributed by atoms with Gasteiger partial charge in [-0.3, -0.25) is 9.59 Å². The van der Waals surface area contributed by atoms with E-state index in [2.05, 4.69) is 5.32 Å². The molecule has 1 fully saturated rings. The first kappa shape index (κ1) is 15.5. The first-order chi connectivity index (χ1) is 11.0. The van der Waals surface area contributed by atoms with E-state index in [1.807, 2.05) is 0 Å². The topological polar surface area (TPSA) is 49.4 Å².